The molecule has 14 heavy (non-hydrogen) atoms. The van der Waals surface area contributed by atoms with Crippen LogP contribution in [0.25, 0.3) is 0 Å². The van der Waals surface area contributed by atoms with E-state index in [0.717, 1.165) is 19.3 Å². The molecule has 0 spiro atoms. The Balaban J connectivity index is 2.24. The van der Waals surface area contributed by atoms with Crippen molar-refractivity contribution in [1.29, 1.82) is 0 Å². The molecule has 78 valence electrons. The number of aromatic nitrogens is 1. The maximum atomic E-state index is 10.4. The molecule has 0 bridgehead atoms. The maximum Gasteiger partial charge on any atom is 0.181 e. The van der Waals surface area contributed by atoms with Gasteiger partial charge in [0.05, 0.1) is 6.20 Å². The normalized spacial score (nSPS) is 31.6. The van der Waals surface area contributed by atoms with E-state index in [0.29, 0.717) is 5.76 Å². The fourth-order valence-corrected chi connectivity index (χ4v) is 2.48. The summed E-state index contributed by atoms with van der Waals surface area (Å²) in [7, 11) is 0. The Morgan fingerprint density at radius 2 is 2.21 bits per heavy atom. The molecule has 0 aromatic carbocycles. The van der Waals surface area contributed by atoms with Gasteiger partial charge in [0.15, 0.2) is 12.2 Å². The van der Waals surface area contributed by atoms with Crippen molar-refractivity contribution in [2.45, 2.75) is 45.1 Å². The van der Waals surface area contributed by atoms with Gasteiger partial charge in [0.25, 0.3) is 0 Å². The van der Waals surface area contributed by atoms with Crippen LogP contribution in [0.15, 0.2) is 17.0 Å². The molecule has 1 aromatic rings. The zero-order valence-corrected chi connectivity index (χ0v) is 8.79. The summed E-state index contributed by atoms with van der Waals surface area (Å²) in [4.78, 5) is 3.86. The van der Waals surface area contributed by atoms with Crippen LogP contribution >= 0.6 is 0 Å². The molecule has 0 aliphatic heterocycles. The molecule has 1 saturated carbocycles. The largest absolute Gasteiger partial charge is 0.445 e. The molecule has 1 heterocycles. The third-order valence-electron chi connectivity index (χ3n) is 3.11. The molecule has 1 aliphatic carbocycles. The predicted molar refractivity (Wildman–Crippen MR) is 52.6 cm³/mol. The zero-order valence-electron chi connectivity index (χ0n) is 8.79. The summed E-state index contributed by atoms with van der Waals surface area (Å²) in [5, 5.41) is 10.4. The average molecular weight is 195 g/mol. The Hall–Kier alpha value is -0.830. The molecule has 1 atom stereocenters. The molecule has 3 heteroatoms. The van der Waals surface area contributed by atoms with E-state index in [9.17, 15) is 5.11 Å². The quantitative estimate of drug-likeness (QED) is 0.748. The molecule has 1 aromatic heterocycles. The van der Waals surface area contributed by atoms with Crippen molar-refractivity contribution in [2.24, 2.45) is 5.41 Å². The number of aliphatic hydroxyl groups is 1. The van der Waals surface area contributed by atoms with Crippen LogP contribution < -0.4 is 0 Å². The first-order chi connectivity index (χ1) is 6.52. The maximum absolute atomic E-state index is 10.4. The van der Waals surface area contributed by atoms with Gasteiger partial charge >= 0.3 is 0 Å². The van der Waals surface area contributed by atoms with Gasteiger partial charge < -0.3 is 9.52 Å². The van der Waals surface area contributed by atoms with Crippen LogP contribution in [0.3, 0.4) is 0 Å². The minimum Gasteiger partial charge on any atom is -0.445 e. The number of hydrogen-bond donors (Lipinski definition) is 1. The lowest BCUT2D eigenvalue weighted by molar-refractivity contribution is -0.0594. The smallest absolute Gasteiger partial charge is 0.181 e. The summed E-state index contributed by atoms with van der Waals surface area (Å²) in [6.45, 7) is 4.38. The van der Waals surface area contributed by atoms with Gasteiger partial charge in [-0.25, -0.2) is 4.98 Å². The summed E-state index contributed by atoms with van der Waals surface area (Å²) in [5.74, 6) is 0.616. The van der Waals surface area contributed by atoms with Gasteiger partial charge in [-0.2, -0.15) is 0 Å². The summed E-state index contributed by atoms with van der Waals surface area (Å²) in [6.07, 6.45) is 6.77. The first-order valence-electron chi connectivity index (χ1n) is 5.13. The second kappa shape index (κ2) is 3.09. The fourth-order valence-electron chi connectivity index (χ4n) is 2.48. The van der Waals surface area contributed by atoms with Crippen molar-refractivity contribution < 1.29 is 9.52 Å². The highest BCUT2D eigenvalue weighted by atomic mass is 16.4. The molecule has 0 radical (unpaired) electrons. The van der Waals surface area contributed by atoms with E-state index in [2.05, 4.69) is 18.8 Å². The highest BCUT2D eigenvalue weighted by molar-refractivity contribution is 5.07. The second-order valence-electron chi connectivity index (χ2n) is 5.09. The van der Waals surface area contributed by atoms with Crippen molar-refractivity contribution in [3.63, 3.8) is 0 Å². The van der Waals surface area contributed by atoms with Gasteiger partial charge in [-0.3, -0.25) is 0 Å². The predicted octanol–water partition coefficient (Wildman–Crippen LogP) is 2.46. The molecular formula is C11H17NO2. The second-order valence-corrected chi connectivity index (χ2v) is 5.09. The van der Waals surface area contributed by atoms with E-state index in [1.54, 1.807) is 6.20 Å². The number of oxazole rings is 1. The van der Waals surface area contributed by atoms with Crippen molar-refractivity contribution in [3.8, 4) is 0 Å². The van der Waals surface area contributed by atoms with Gasteiger partial charge in [-0.15, -0.1) is 0 Å². The van der Waals surface area contributed by atoms with Crippen molar-refractivity contribution in [3.05, 3.63) is 18.4 Å². The molecule has 3 nitrogen and oxygen atoms in total. The standard InChI is InChI=1S/C11H17NO2/c1-10(2)4-3-5-11(13,7-10)9-6-12-8-14-9/h6,8,13H,3-5,7H2,1-2H3. The Kier molecular flexibility index (Phi) is 2.14. The van der Waals surface area contributed by atoms with E-state index in [1.165, 1.54) is 12.8 Å². The minimum atomic E-state index is -0.793. The minimum absolute atomic E-state index is 0.194. The lowest BCUT2D eigenvalue weighted by Crippen LogP contribution is -2.36. The fraction of sp³-hybridized carbons (Fsp3) is 0.727. The van der Waals surface area contributed by atoms with Crippen LogP contribution in [0.1, 0.15) is 45.3 Å². The van der Waals surface area contributed by atoms with E-state index in [4.69, 9.17) is 4.42 Å². The number of hydrogen-bond acceptors (Lipinski definition) is 3. The van der Waals surface area contributed by atoms with Crippen LogP contribution in [0.4, 0.5) is 0 Å². The van der Waals surface area contributed by atoms with E-state index in [1.807, 2.05) is 0 Å². The van der Waals surface area contributed by atoms with E-state index >= 15 is 0 Å². The molecule has 0 amide bonds. The first kappa shape index (κ1) is 9.71. The summed E-state index contributed by atoms with van der Waals surface area (Å²) < 4.78 is 5.21. The van der Waals surface area contributed by atoms with Crippen molar-refractivity contribution in [2.75, 3.05) is 0 Å². The third-order valence-corrected chi connectivity index (χ3v) is 3.11. The molecule has 1 unspecified atom stereocenters. The highest BCUT2D eigenvalue weighted by Gasteiger charge is 2.41. The summed E-state index contributed by atoms with van der Waals surface area (Å²) >= 11 is 0. The SMILES string of the molecule is CC1(C)CCCC(O)(c2cnco2)C1. The van der Waals surface area contributed by atoms with E-state index < -0.39 is 5.60 Å². The molecule has 1 fully saturated rings. The van der Waals surface area contributed by atoms with Crippen molar-refractivity contribution >= 4 is 0 Å². The van der Waals surface area contributed by atoms with Gasteiger partial charge in [0, 0.05) is 0 Å². The summed E-state index contributed by atoms with van der Waals surface area (Å²) in [5.41, 5.74) is -0.599. The van der Waals surface area contributed by atoms with Crippen LogP contribution in [0.2, 0.25) is 0 Å². The van der Waals surface area contributed by atoms with E-state index in [-0.39, 0.29) is 5.41 Å². The molecule has 2 rings (SSSR count). The Bertz CT molecular complexity index is 305. The van der Waals surface area contributed by atoms with Crippen LogP contribution in [0.5, 0.6) is 0 Å². The topological polar surface area (TPSA) is 46.3 Å². The monoisotopic (exact) mass is 195 g/mol. The Morgan fingerprint density at radius 3 is 2.79 bits per heavy atom. The summed E-state index contributed by atoms with van der Waals surface area (Å²) in [6, 6.07) is 0. The van der Waals surface area contributed by atoms with Crippen LogP contribution in [-0.2, 0) is 5.60 Å². The lowest BCUT2D eigenvalue weighted by atomic mass is 9.69. The van der Waals surface area contributed by atoms with Crippen LogP contribution in [-0.4, -0.2) is 10.1 Å². The molecular weight excluding hydrogens is 178 g/mol. The lowest BCUT2D eigenvalue weighted by Gasteiger charge is -2.39. The third kappa shape index (κ3) is 1.69. The Labute approximate surface area is 84.2 Å². The van der Waals surface area contributed by atoms with Crippen LogP contribution in [0, 0.1) is 5.41 Å². The van der Waals surface area contributed by atoms with Gasteiger partial charge in [0.1, 0.15) is 5.60 Å². The average Bonchev–Trinajstić information content (AvgIpc) is 2.52. The zero-order chi connectivity index (χ0) is 10.2. The van der Waals surface area contributed by atoms with Gasteiger partial charge in [-0.05, 0) is 31.1 Å². The molecule has 1 N–H and O–H groups in total. The number of rotatable bonds is 1. The highest BCUT2D eigenvalue weighted by Crippen LogP contribution is 2.45. The van der Waals surface area contributed by atoms with Crippen molar-refractivity contribution in [1.82, 2.24) is 4.98 Å². The van der Waals surface area contributed by atoms with Gasteiger partial charge in [-0.1, -0.05) is 13.8 Å². The van der Waals surface area contributed by atoms with Gasteiger partial charge in [0.2, 0.25) is 0 Å². The Morgan fingerprint density at radius 1 is 1.43 bits per heavy atom. The number of nitrogens with zero attached hydrogens (tertiary/aromatic N) is 1. The molecule has 1 aliphatic rings. The first-order valence-corrected chi connectivity index (χ1v) is 5.13. The molecule has 0 saturated heterocycles.